The summed E-state index contributed by atoms with van der Waals surface area (Å²) in [5.74, 6) is 1.03. The maximum atomic E-state index is 5.86. The normalized spacial score (nSPS) is 23.4. The standard InChI is InChI=1S/C13H18N2O/c1-9-8-15-12-6-10-2-4-14-5-3-11(10)7-13(12)16-9/h6-7,9,14-15H,2-5,8H2,1H3. The highest BCUT2D eigenvalue weighted by molar-refractivity contribution is 5.62. The predicted molar refractivity (Wildman–Crippen MR) is 65.3 cm³/mol. The molecule has 0 amide bonds. The fourth-order valence-electron chi connectivity index (χ4n) is 2.45. The summed E-state index contributed by atoms with van der Waals surface area (Å²) in [5, 5.41) is 6.87. The lowest BCUT2D eigenvalue weighted by Gasteiger charge is -2.26. The van der Waals surface area contributed by atoms with Gasteiger partial charge in [-0.25, -0.2) is 0 Å². The molecule has 3 heteroatoms. The molecule has 2 heterocycles. The second-order valence-corrected chi connectivity index (χ2v) is 4.68. The van der Waals surface area contributed by atoms with Gasteiger partial charge in [0.1, 0.15) is 11.9 Å². The third-order valence-corrected chi connectivity index (χ3v) is 3.35. The van der Waals surface area contributed by atoms with Crippen LogP contribution in [0.3, 0.4) is 0 Å². The summed E-state index contributed by atoms with van der Waals surface area (Å²) in [4.78, 5) is 0. The van der Waals surface area contributed by atoms with E-state index in [4.69, 9.17) is 4.74 Å². The fourth-order valence-corrected chi connectivity index (χ4v) is 2.45. The van der Waals surface area contributed by atoms with Crippen molar-refractivity contribution in [2.24, 2.45) is 0 Å². The molecule has 1 unspecified atom stereocenters. The zero-order chi connectivity index (χ0) is 11.0. The summed E-state index contributed by atoms with van der Waals surface area (Å²) < 4.78 is 5.86. The van der Waals surface area contributed by atoms with Crippen LogP contribution in [0.15, 0.2) is 12.1 Å². The van der Waals surface area contributed by atoms with Crippen molar-refractivity contribution in [1.29, 1.82) is 0 Å². The summed E-state index contributed by atoms with van der Waals surface area (Å²) in [7, 11) is 0. The molecule has 0 spiro atoms. The average molecular weight is 218 g/mol. The maximum Gasteiger partial charge on any atom is 0.143 e. The molecule has 0 saturated carbocycles. The topological polar surface area (TPSA) is 33.3 Å². The number of fused-ring (bicyclic) bond motifs is 2. The van der Waals surface area contributed by atoms with Gasteiger partial charge in [-0.3, -0.25) is 0 Å². The van der Waals surface area contributed by atoms with E-state index in [0.717, 1.165) is 38.2 Å². The minimum atomic E-state index is 0.273. The quantitative estimate of drug-likeness (QED) is 0.693. The number of anilines is 1. The van der Waals surface area contributed by atoms with E-state index in [2.05, 4.69) is 29.7 Å². The summed E-state index contributed by atoms with van der Waals surface area (Å²) in [6, 6.07) is 4.49. The zero-order valence-electron chi connectivity index (χ0n) is 9.68. The van der Waals surface area contributed by atoms with Gasteiger partial charge in [0.25, 0.3) is 0 Å². The number of hydrogen-bond donors (Lipinski definition) is 2. The molecule has 0 bridgehead atoms. The molecular formula is C13H18N2O. The van der Waals surface area contributed by atoms with E-state index in [1.807, 2.05) is 0 Å². The first-order valence-electron chi connectivity index (χ1n) is 6.10. The van der Waals surface area contributed by atoms with Crippen LogP contribution in [0.4, 0.5) is 5.69 Å². The van der Waals surface area contributed by atoms with Crippen LogP contribution in [0.5, 0.6) is 5.75 Å². The summed E-state index contributed by atoms with van der Waals surface area (Å²) >= 11 is 0. The Morgan fingerprint density at radius 2 is 1.94 bits per heavy atom. The summed E-state index contributed by atoms with van der Waals surface area (Å²) in [6.07, 6.45) is 2.51. The summed E-state index contributed by atoms with van der Waals surface area (Å²) in [5.41, 5.74) is 4.08. The lowest BCUT2D eigenvalue weighted by atomic mass is 10.0. The number of rotatable bonds is 0. The van der Waals surface area contributed by atoms with Crippen molar-refractivity contribution < 1.29 is 4.74 Å². The van der Waals surface area contributed by atoms with Crippen LogP contribution in [0.25, 0.3) is 0 Å². The molecule has 0 aromatic heterocycles. The van der Waals surface area contributed by atoms with Gasteiger partial charge in [0, 0.05) is 0 Å². The van der Waals surface area contributed by atoms with E-state index in [0.29, 0.717) is 0 Å². The van der Waals surface area contributed by atoms with Crippen molar-refractivity contribution in [2.45, 2.75) is 25.9 Å². The number of ether oxygens (including phenoxy) is 1. The largest absolute Gasteiger partial charge is 0.487 e. The van der Waals surface area contributed by atoms with Gasteiger partial charge in [-0.1, -0.05) is 0 Å². The molecule has 1 atom stereocenters. The van der Waals surface area contributed by atoms with Crippen LogP contribution in [-0.2, 0) is 12.8 Å². The van der Waals surface area contributed by atoms with Crippen molar-refractivity contribution in [1.82, 2.24) is 5.32 Å². The lowest BCUT2D eigenvalue weighted by molar-refractivity contribution is 0.226. The minimum Gasteiger partial charge on any atom is -0.487 e. The van der Waals surface area contributed by atoms with Crippen molar-refractivity contribution in [3.05, 3.63) is 23.3 Å². The van der Waals surface area contributed by atoms with Crippen molar-refractivity contribution in [3.8, 4) is 5.75 Å². The van der Waals surface area contributed by atoms with Crippen LogP contribution in [0.2, 0.25) is 0 Å². The van der Waals surface area contributed by atoms with Crippen molar-refractivity contribution >= 4 is 5.69 Å². The Kier molecular flexibility index (Phi) is 2.48. The van der Waals surface area contributed by atoms with E-state index in [1.165, 1.54) is 16.8 Å². The molecule has 1 aromatic carbocycles. The molecular weight excluding hydrogens is 200 g/mol. The Bertz CT molecular complexity index is 402. The third kappa shape index (κ3) is 1.76. The van der Waals surface area contributed by atoms with Gasteiger partial charge >= 0.3 is 0 Å². The Morgan fingerprint density at radius 3 is 2.75 bits per heavy atom. The second-order valence-electron chi connectivity index (χ2n) is 4.68. The van der Waals surface area contributed by atoms with Gasteiger partial charge < -0.3 is 15.4 Å². The summed E-state index contributed by atoms with van der Waals surface area (Å²) in [6.45, 7) is 5.17. The first-order valence-corrected chi connectivity index (χ1v) is 6.10. The molecule has 16 heavy (non-hydrogen) atoms. The highest BCUT2D eigenvalue weighted by Gasteiger charge is 2.18. The lowest BCUT2D eigenvalue weighted by Crippen LogP contribution is -2.27. The average Bonchev–Trinajstić information content (AvgIpc) is 2.50. The van der Waals surface area contributed by atoms with Gasteiger partial charge in [0.15, 0.2) is 0 Å². The molecule has 0 fully saturated rings. The highest BCUT2D eigenvalue weighted by atomic mass is 16.5. The Labute approximate surface area is 96.2 Å². The predicted octanol–water partition coefficient (Wildman–Crippen LogP) is 1.57. The molecule has 2 aliphatic heterocycles. The highest BCUT2D eigenvalue weighted by Crippen LogP contribution is 2.33. The van der Waals surface area contributed by atoms with E-state index in [1.54, 1.807) is 0 Å². The van der Waals surface area contributed by atoms with Gasteiger partial charge in [-0.15, -0.1) is 0 Å². The minimum absolute atomic E-state index is 0.273. The van der Waals surface area contributed by atoms with E-state index in [-0.39, 0.29) is 6.10 Å². The van der Waals surface area contributed by atoms with Gasteiger partial charge in [-0.2, -0.15) is 0 Å². The first-order chi connectivity index (χ1) is 7.83. The molecule has 0 aliphatic carbocycles. The number of hydrogen-bond acceptors (Lipinski definition) is 3. The molecule has 2 N–H and O–H groups in total. The zero-order valence-corrected chi connectivity index (χ0v) is 9.68. The van der Waals surface area contributed by atoms with E-state index < -0.39 is 0 Å². The number of benzene rings is 1. The van der Waals surface area contributed by atoms with Crippen molar-refractivity contribution in [2.75, 3.05) is 25.0 Å². The molecule has 2 aliphatic rings. The second kappa shape index (κ2) is 3.98. The van der Waals surface area contributed by atoms with Crippen LogP contribution in [0.1, 0.15) is 18.1 Å². The maximum absolute atomic E-state index is 5.86. The van der Waals surface area contributed by atoms with Crippen LogP contribution in [-0.4, -0.2) is 25.7 Å². The Hall–Kier alpha value is -1.22. The fraction of sp³-hybridized carbons (Fsp3) is 0.538. The SMILES string of the molecule is CC1CNc2cc3c(cc2O1)CCNCC3. The van der Waals surface area contributed by atoms with Crippen LogP contribution < -0.4 is 15.4 Å². The Balaban J connectivity index is 1.99. The van der Waals surface area contributed by atoms with Crippen molar-refractivity contribution in [3.63, 3.8) is 0 Å². The molecule has 86 valence electrons. The number of nitrogens with one attached hydrogen (secondary N) is 2. The van der Waals surface area contributed by atoms with E-state index >= 15 is 0 Å². The van der Waals surface area contributed by atoms with Gasteiger partial charge in [0.2, 0.25) is 0 Å². The van der Waals surface area contributed by atoms with Crippen LogP contribution >= 0.6 is 0 Å². The molecule has 0 saturated heterocycles. The molecule has 3 rings (SSSR count). The van der Waals surface area contributed by atoms with Gasteiger partial charge in [-0.05, 0) is 56.1 Å². The molecule has 1 aromatic rings. The molecule has 0 radical (unpaired) electrons. The first kappa shape index (κ1) is 9.97. The van der Waals surface area contributed by atoms with Gasteiger partial charge in [0.05, 0.1) is 12.2 Å². The molecule has 3 nitrogen and oxygen atoms in total. The van der Waals surface area contributed by atoms with E-state index in [9.17, 15) is 0 Å². The monoisotopic (exact) mass is 218 g/mol. The Morgan fingerprint density at radius 1 is 1.19 bits per heavy atom. The third-order valence-electron chi connectivity index (χ3n) is 3.35. The smallest absolute Gasteiger partial charge is 0.143 e. The van der Waals surface area contributed by atoms with Crippen LogP contribution in [0, 0.1) is 0 Å².